The Bertz CT molecular complexity index is 991. The van der Waals surface area contributed by atoms with Crippen LogP contribution in [0.15, 0.2) is 29.4 Å². The highest BCUT2D eigenvalue weighted by Gasteiger charge is 2.43. The number of thiophene rings is 1. The number of halogens is 3. The second-order valence-corrected chi connectivity index (χ2v) is 10.7. The van der Waals surface area contributed by atoms with E-state index in [-0.39, 0.29) is 18.0 Å². The molecule has 160 valence electrons. The minimum atomic E-state index is -0.582. The van der Waals surface area contributed by atoms with Crippen molar-refractivity contribution in [2.24, 2.45) is 10.8 Å². The van der Waals surface area contributed by atoms with Gasteiger partial charge in [-0.1, -0.05) is 29.3 Å². The van der Waals surface area contributed by atoms with E-state index in [1.165, 1.54) is 16.2 Å². The normalized spacial score (nSPS) is 23.6. The third kappa shape index (κ3) is 4.34. The first-order valence-electron chi connectivity index (χ1n) is 9.86. The molecule has 3 unspecified atom stereocenters. The Hall–Kier alpha value is -1.31. The quantitative estimate of drug-likeness (QED) is 0.606. The Morgan fingerprint density at radius 3 is 2.93 bits per heavy atom. The number of nitrogens with one attached hydrogen (secondary N) is 1. The summed E-state index contributed by atoms with van der Waals surface area (Å²) in [6.07, 6.45) is 4.28. The van der Waals surface area contributed by atoms with Crippen LogP contribution in [0, 0.1) is 0 Å². The molecule has 30 heavy (non-hydrogen) atoms. The highest BCUT2D eigenvalue weighted by molar-refractivity contribution is 7.14. The van der Waals surface area contributed by atoms with Gasteiger partial charge < -0.3 is 11.1 Å². The fraction of sp³-hybridized carbons (Fsp3) is 0.429. The van der Waals surface area contributed by atoms with Crippen LogP contribution in [-0.4, -0.2) is 41.1 Å². The van der Waals surface area contributed by atoms with Crippen molar-refractivity contribution in [3.8, 4) is 0 Å². The molecule has 1 amide bonds. The Labute approximate surface area is 195 Å². The number of hydrogen-bond acceptors (Lipinski definition) is 5. The van der Waals surface area contributed by atoms with Crippen molar-refractivity contribution < 1.29 is 4.79 Å². The van der Waals surface area contributed by atoms with Crippen LogP contribution in [0.1, 0.15) is 45.1 Å². The lowest BCUT2D eigenvalue weighted by Crippen LogP contribution is -2.41. The van der Waals surface area contributed by atoms with Crippen molar-refractivity contribution in [2.45, 2.75) is 43.1 Å². The first-order chi connectivity index (χ1) is 14.3. The zero-order chi connectivity index (χ0) is 21.5. The van der Waals surface area contributed by atoms with Gasteiger partial charge in [0.25, 0.3) is 5.91 Å². The average Bonchev–Trinajstić information content (AvgIpc) is 3.18. The molecule has 0 spiro atoms. The van der Waals surface area contributed by atoms with E-state index in [1.807, 2.05) is 30.1 Å². The number of amides is 1. The first-order valence-corrected chi connectivity index (χ1v) is 11.8. The monoisotopic (exact) mass is 484 g/mol. The summed E-state index contributed by atoms with van der Waals surface area (Å²) < 4.78 is 0. The van der Waals surface area contributed by atoms with E-state index in [0.717, 1.165) is 30.5 Å². The molecule has 0 saturated carbocycles. The Kier molecular flexibility index (Phi) is 6.33. The zero-order valence-corrected chi connectivity index (χ0v) is 19.6. The van der Waals surface area contributed by atoms with E-state index in [4.69, 9.17) is 40.5 Å². The predicted molar refractivity (Wildman–Crippen MR) is 125 cm³/mol. The number of carbonyl (C=O) groups is 1. The molecule has 1 aromatic heterocycles. The first kappa shape index (κ1) is 21.9. The van der Waals surface area contributed by atoms with Gasteiger partial charge in [0.2, 0.25) is 0 Å². The maximum atomic E-state index is 13.0. The van der Waals surface area contributed by atoms with Crippen LogP contribution in [0.3, 0.4) is 0 Å². The maximum Gasteiger partial charge on any atom is 0.261 e. The molecule has 2 aliphatic heterocycles. The smallest absolute Gasteiger partial charge is 0.261 e. The van der Waals surface area contributed by atoms with Gasteiger partial charge in [0.05, 0.1) is 21.0 Å². The molecule has 2 aliphatic rings. The van der Waals surface area contributed by atoms with Crippen LogP contribution in [0.5, 0.6) is 0 Å². The molecule has 9 heteroatoms. The molecule has 4 rings (SSSR count). The fourth-order valence-electron chi connectivity index (χ4n) is 4.05. The molecule has 3 atom stereocenters. The van der Waals surface area contributed by atoms with Crippen molar-refractivity contribution in [2.75, 3.05) is 13.1 Å². The third-order valence-electron chi connectivity index (χ3n) is 5.53. The van der Waals surface area contributed by atoms with Crippen LogP contribution in [0.4, 0.5) is 0 Å². The van der Waals surface area contributed by atoms with E-state index < -0.39 is 4.87 Å². The van der Waals surface area contributed by atoms with E-state index >= 15 is 0 Å². The van der Waals surface area contributed by atoms with Gasteiger partial charge in [-0.15, -0.1) is 22.9 Å². The van der Waals surface area contributed by atoms with Crippen molar-refractivity contribution in [1.82, 2.24) is 10.3 Å². The molecule has 5 nitrogen and oxygen atoms in total. The molecule has 0 radical (unpaired) electrons. The van der Waals surface area contributed by atoms with Crippen molar-refractivity contribution in [3.05, 3.63) is 55.2 Å². The molecule has 0 saturated heterocycles. The Morgan fingerprint density at radius 1 is 1.40 bits per heavy atom. The van der Waals surface area contributed by atoms with Gasteiger partial charge in [-0.2, -0.15) is 5.10 Å². The summed E-state index contributed by atoms with van der Waals surface area (Å²) in [7, 11) is 0. The van der Waals surface area contributed by atoms with Crippen LogP contribution >= 0.6 is 46.1 Å². The Morgan fingerprint density at radius 2 is 2.20 bits per heavy atom. The third-order valence-corrected chi connectivity index (χ3v) is 7.78. The molecule has 1 aromatic carbocycles. The van der Waals surface area contributed by atoms with E-state index in [2.05, 4.69) is 10.4 Å². The summed E-state index contributed by atoms with van der Waals surface area (Å²) >= 11 is 20.4. The number of carbonyl (C=O) groups excluding carboxylic acids is 1. The number of hydrazone groups is 1. The van der Waals surface area contributed by atoms with Crippen LogP contribution in [0.25, 0.3) is 0 Å². The number of alkyl halides is 1. The van der Waals surface area contributed by atoms with Crippen molar-refractivity contribution >= 4 is 58.3 Å². The number of nitrogens with two attached hydrogens (primary N) is 1. The minimum absolute atomic E-state index is 0.0454. The molecule has 2 aromatic rings. The van der Waals surface area contributed by atoms with Gasteiger partial charge in [-0.3, -0.25) is 9.80 Å². The number of fused-ring (bicyclic) bond motifs is 3. The van der Waals surface area contributed by atoms with Crippen molar-refractivity contribution in [3.63, 3.8) is 0 Å². The lowest BCUT2D eigenvalue weighted by molar-refractivity contribution is 0.0942. The highest BCUT2D eigenvalue weighted by atomic mass is 35.5. The standard InChI is InChI=1S/C21H23Cl3N4OS/c1-21(24)11-26-28-6-2-3-17-14(19(21)28)9-18(30-17)20(29)27-13(10-25)7-12-4-5-15(22)16(23)8-12/h4-5,8-9,11,13,19H,2-3,6-7,10,25H2,1H3,(H,27,29). The number of rotatable bonds is 5. The van der Waals surface area contributed by atoms with Crippen LogP contribution in [0.2, 0.25) is 10.0 Å². The number of hydrogen-bond donors (Lipinski definition) is 2. The number of nitrogens with zero attached hydrogens (tertiary/aromatic N) is 2. The van der Waals surface area contributed by atoms with Crippen LogP contribution in [-0.2, 0) is 12.8 Å². The zero-order valence-electron chi connectivity index (χ0n) is 16.5. The number of benzene rings is 1. The summed E-state index contributed by atoms with van der Waals surface area (Å²) in [5.74, 6) is -0.120. The SMILES string of the molecule is CC1(Cl)C=NN2CCCc3sc(C(=O)NC(CN)Cc4ccc(Cl)c(Cl)c4)cc3C21. The summed E-state index contributed by atoms with van der Waals surface area (Å²) in [6.45, 7) is 3.16. The fourth-order valence-corrected chi connectivity index (χ4v) is 5.78. The Balaban J connectivity index is 1.51. The average molecular weight is 486 g/mol. The molecular formula is C21H23Cl3N4OS. The van der Waals surface area contributed by atoms with Crippen molar-refractivity contribution in [1.29, 1.82) is 0 Å². The second kappa shape index (κ2) is 8.67. The maximum absolute atomic E-state index is 13.0. The summed E-state index contributed by atoms with van der Waals surface area (Å²) in [5.41, 5.74) is 8.00. The lowest BCUT2D eigenvalue weighted by atomic mass is 9.95. The van der Waals surface area contributed by atoms with Gasteiger partial charge in [0.15, 0.2) is 0 Å². The number of aryl methyl sites for hydroxylation is 1. The molecule has 0 bridgehead atoms. The highest BCUT2D eigenvalue weighted by Crippen LogP contribution is 2.45. The van der Waals surface area contributed by atoms with E-state index in [9.17, 15) is 4.79 Å². The van der Waals surface area contributed by atoms with Gasteiger partial charge >= 0.3 is 0 Å². The van der Waals surface area contributed by atoms with Crippen LogP contribution < -0.4 is 11.1 Å². The summed E-state index contributed by atoms with van der Waals surface area (Å²) in [5, 5.41) is 10.6. The molecule has 3 N–H and O–H groups in total. The second-order valence-electron chi connectivity index (χ2n) is 7.91. The van der Waals surface area contributed by atoms with Gasteiger partial charge in [-0.05, 0) is 55.5 Å². The van der Waals surface area contributed by atoms with Gasteiger partial charge in [0, 0.05) is 30.2 Å². The summed E-state index contributed by atoms with van der Waals surface area (Å²) in [4.78, 5) is 14.3. The largest absolute Gasteiger partial charge is 0.347 e. The molecule has 0 aliphatic carbocycles. The topological polar surface area (TPSA) is 70.7 Å². The molecule has 0 fully saturated rings. The predicted octanol–water partition coefficient (Wildman–Crippen LogP) is 4.64. The van der Waals surface area contributed by atoms with Gasteiger partial charge in [0.1, 0.15) is 4.87 Å². The molecule has 3 heterocycles. The van der Waals surface area contributed by atoms with E-state index in [1.54, 1.807) is 12.3 Å². The minimum Gasteiger partial charge on any atom is -0.347 e. The lowest BCUT2D eigenvalue weighted by Gasteiger charge is -2.29. The van der Waals surface area contributed by atoms with E-state index in [0.29, 0.717) is 27.9 Å². The van der Waals surface area contributed by atoms with Gasteiger partial charge in [-0.25, -0.2) is 0 Å². The summed E-state index contributed by atoms with van der Waals surface area (Å²) in [6, 6.07) is 7.18. The molecular weight excluding hydrogens is 463 g/mol.